The molecule has 2 aliphatic rings. The Labute approximate surface area is 114 Å². The zero-order valence-electron chi connectivity index (χ0n) is 11.8. The predicted octanol–water partition coefficient (Wildman–Crippen LogP) is 2.07. The number of urea groups is 1. The third kappa shape index (κ3) is 3.61. The van der Waals surface area contributed by atoms with E-state index in [1.54, 1.807) is 0 Å². The van der Waals surface area contributed by atoms with Crippen molar-refractivity contribution in [1.29, 1.82) is 0 Å². The van der Waals surface area contributed by atoms with Gasteiger partial charge in [-0.15, -0.1) is 0 Å². The van der Waals surface area contributed by atoms with Gasteiger partial charge in [-0.05, 0) is 37.5 Å². The number of rotatable bonds is 2. The van der Waals surface area contributed by atoms with Crippen LogP contribution in [0.15, 0.2) is 0 Å². The third-order valence-electron chi connectivity index (χ3n) is 4.51. The molecule has 2 N–H and O–H groups in total. The summed E-state index contributed by atoms with van der Waals surface area (Å²) < 4.78 is 0. The lowest BCUT2D eigenvalue weighted by molar-refractivity contribution is -0.141. The lowest BCUT2D eigenvalue weighted by Gasteiger charge is -2.37. The molecule has 1 saturated heterocycles. The highest BCUT2D eigenvalue weighted by molar-refractivity contribution is 5.75. The molecule has 0 aromatic heterocycles. The average molecular weight is 268 g/mol. The van der Waals surface area contributed by atoms with Crippen molar-refractivity contribution in [1.82, 2.24) is 10.2 Å². The number of carbonyl (C=O) groups is 2. The Kier molecular flexibility index (Phi) is 4.02. The molecule has 0 unspecified atom stereocenters. The Morgan fingerprint density at radius 3 is 2.37 bits per heavy atom. The van der Waals surface area contributed by atoms with Gasteiger partial charge in [0.25, 0.3) is 0 Å². The largest absolute Gasteiger partial charge is 0.481 e. The Morgan fingerprint density at radius 2 is 1.84 bits per heavy atom. The molecule has 1 saturated carbocycles. The Morgan fingerprint density at radius 1 is 1.21 bits per heavy atom. The highest BCUT2D eigenvalue weighted by Gasteiger charge is 2.33. The first kappa shape index (κ1) is 14.2. The number of nitrogens with zero attached hydrogens (tertiary/aromatic N) is 1. The summed E-state index contributed by atoms with van der Waals surface area (Å²) in [4.78, 5) is 24.9. The van der Waals surface area contributed by atoms with Crippen molar-refractivity contribution >= 4 is 12.0 Å². The molecule has 2 rings (SSSR count). The summed E-state index contributed by atoms with van der Waals surface area (Å²) in [7, 11) is 0. The second-order valence-corrected chi connectivity index (χ2v) is 6.65. The molecule has 1 aliphatic carbocycles. The van der Waals surface area contributed by atoms with E-state index in [2.05, 4.69) is 19.2 Å². The molecular weight excluding hydrogens is 244 g/mol. The van der Waals surface area contributed by atoms with Crippen LogP contribution in [0.2, 0.25) is 0 Å². The van der Waals surface area contributed by atoms with Crippen molar-refractivity contribution in [2.75, 3.05) is 13.1 Å². The molecule has 2 atom stereocenters. The molecule has 19 heavy (non-hydrogen) atoms. The first-order valence-electron chi connectivity index (χ1n) is 7.16. The molecule has 0 aromatic carbocycles. The maximum absolute atomic E-state index is 12.1. The van der Waals surface area contributed by atoms with Crippen LogP contribution in [-0.4, -0.2) is 41.1 Å². The second kappa shape index (κ2) is 5.39. The third-order valence-corrected chi connectivity index (χ3v) is 4.51. The topological polar surface area (TPSA) is 69.6 Å². The highest BCUT2D eigenvalue weighted by atomic mass is 16.4. The van der Waals surface area contributed by atoms with Crippen LogP contribution in [0.3, 0.4) is 0 Å². The van der Waals surface area contributed by atoms with Gasteiger partial charge in [0.15, 0.2) is 0 Å². The number of amides is 2. The van der Waals surface area contributed by atoms with Gasteiger partial charge in [0.2, 0.25) is 0 Å². The smallest absolute Gasteiger partial charge is 0.317 e. The molecule has 108 valence electrons. The first-order valence-corrected chi connectivity index (χ1v) is 7.16. The molecule has 1 aliphatic heterocycles. The quantitative estimate of drug-likeness (QED) is 0.805. The predicted molar refractivity (Wildman–Crippen MR) is 71.9 cm³/mol. The fraction of sp³-hybridized carbons (Fsp3) is 0.857. The van der Waals surface area contributed by atoms with Crippen molar-refractivity contribution in [3.8, 4) is 0 Å². The summed E-state index contributed by atoms with van der Waals surface area (Å²) in [5.74, 6) is -1.03. The maximum atomic E-state index is 12.1. The van der Waals surface area contributed by atoms with Crippen LogP contribution < -0.4 is 5.32 Å². The average Bonchev–Trinajstić information content (AvgIpc) is 2.77. The molecule has 0 spiro atoms. The zero-order chi connectivity index (χ0) is 14.0. The van der Waals surface area contributed by atoms with E-state index in [9.17, 15) is 9.59 Å². The number of likely N-dealkylation sites (tertiary alicyclic amines) is 1. The van der Waals surface area contributed by atoms with Crippen molar-refractivity contribution in [2.24, 2.45) is 11.3 Å². The van der Waals surface area contributed by atoms with Gasteiger partial charge >= 0.3 is 12.0 Å². The minimum absolute atomic E-state index is 0.0217. The van der Waals surface area contributed by atoms with E-state index in [0.29, 0.717) is 18.3 Å². The number of nitrogens with one attached hydrogen (secondary N) is 1. The number of carbonyl (C=O) groups excluding carboxylic acids is 1. The van der Waals surface area contributed by atoms with Gasteiger partial charge < -0.3 is 15.3 Å². The standard InChI is InChI=1S/C14H24N2O3/c1-14(2)5-7-16(8-6-14)13(19)15-11-4-3-10(9-11)12(17)18/h10-11H,3-9H2,1-2H3,(H,15,19)(H,17,18)/t10-,11+/m1/s1. The number of hydrogen-bond donors (Lipinski definition) is 2. The van der Waals surface area contributed by atoms with Crippen LogP contribution in [0.5, 0.6) is 0 Å². The minimum Gasteiger partial charge on any atom is -0.481 e. The first-order chi connectivity index (χ1) is 8.87. The molecule has 0 radical (unpaired) electrons. The van der Waals surface area contributed by atoms with Gasteiger partial charge in [-0.25, -0.2) is 4.79 Å². The van der Waals surface area contributed by atoms with Crippen molar-refractivity contribution < 1.29 is 14.7 Å². The van der Waals surface area contributed by atoms with Crippen molar-refractivity contribution in [3.63, 3.8) is 0 Å². The Hall–Kier alpha value is -1.26. The summed E-state index contributed by atoms with van der Waals surface area (Å²) in [6.07, 6.45) is 4.08. The van der Waals surface area contributed by atoms with E-state index in [0.717, 1.165) is 32.4 Å². The molecule has 1 heterocycles. The van der Waals surface area contributed by atoms with Crippen LogP contribution in [0.4, 0.5) is 4.79 Å². The van der Waals surface area contributed by atoms with Gasteiger partial charge in [0.1, 0.15) is 0 Å². The molecule has 5 heteroatoms. The van der Waals surface area contributed by atoms with E-state index in [1.165, 1.54) is 0 Å². The normalized spacial score (nSPS) is 30.1. The summed E-state index contributed by atoms with van der Waals surface area (Å²) >= 11 is 0. The summed E-state index contributed by atoms with van der Waals surface area (Å²) in [6, 6.07) is 0.00933. The minimum atomic E-state index is -0.739. The lowest BCUT2D eigenvalue weighted by Crippen LogP contribution is -2.48. The highest BCUT2D eigenvalue weighted by Crippen LogP contribution is 2.30. The van der Waals surface area contributed by atoms with Crippen LogP contribution >= 0.6 is 0 Å². The fourth-order valence-electron chi connectivity index (χ4n) is 2.92. The van der Waals surface area contributed by atoms with Crippen molar-refractivity contribution in [3.05, 3.63) is 0 Å². The van der Waals surface area contributed by atoms with E-state index >= 15 is 0 Å². The molecule has 5 nitrogen and oxygen atoms in total. The molecule has 0 aromatic rings. The summed E-state index contributed by atoms with van der Waals surface area (Å²) in [5, 5.41) is 11.9. The van der Waals surface area contributed by atoms with E-state index < -0.39 is 5.97 Å². The van der Waals surface area contributed by atoms with E-state index in [-0.39, 0.29) is 18.0 Å². The monoisotopic (exact) mass is 268 g/mol. The van der Waals surface area contributed by atoms with Crippen molar-refractivity contribution in [2.45, 2.75) is 52.0 Å². The Bertz CT molecular complexity index is 358. The number of aliphatic carboxylic acids is 1. The number of carboxylic acids is 1. The van der Waals surface area contributed by atoms with Gasteiger partial charge in [-0.3, -0.25) is 4.79 Å². The second-order valence-electron chi connectivity index (χ2n) is 6.65. The van der Waals surface area contributed by atoms with Crippen LogP contribution in [0.1, 0.15) is 46.0 Å². The fourth-order valence-corrected chi connectivity index (χ4v) is 2.92. The van der Waals surface area contributed by atoms with Gasteiger partial charge in [0, 0.05) is 19.1 Å². The molecule has 2 amide bonds. The van der Waals surface area contributed by atoms with E-state index in [1.807, 2.05) is 4.90 Å². The van der Waals surface area contributed by atoms with Crippen LogP contribution in [0.25, 0.3) is 0 Å². The maximum Gasteiger partial charge on any atom is 0.317 e. The number of piperidine rings is 1. The van der Waals surface area contributed by atoms with Gasteiger partial charge in [-0.1, -0.05) is 13.8 Å². The lowest BCUT2D eigenvalue weighted by atomic mass is 9.83. The Balaban J connectivity index is 1.78. The SMILES string of the molecule is CC1(C)CCN(C(=O)N[C@H]2CC[C@@H](C(=O)O)C2)CC1. The van der Waals surface area contributed by atoms with Crippen LogP contribution in [0, 0.1) is 11.3 Å². The molecule has 0 bridgehead atoms. The van der Waals surface area contributed by atoms with E-state index in [4.69, 9.17) is 5.11 Å². The summed E-state index contributed by atoms with van der Waals surface area (Å²) in [6.45, 7) is 6.06. The number of hydrogen-bond acceptors (Lipinski definition) is 2. The van der Waals surface area contributed by atoms with Crippen LogP contribution in [-0.2, 0) is 4.79 Å². The van der Waals surface area contributed by atoms with Gasteiger partial charge in [-0.2, -0.15) is 0 Å². The molecular formula is C14H24N2O3. The summed E-state index contributed by atoms with van der Waals surface area (Å²) in [5.41, 5.74) is 0.332. The zero-order valence-corrected chi connectivity index (χ0v) is 11.8. The van der Waals surface area contributed by atoms with Gasteiger partial charge in [0.05, 0.1) is 5.92 Å². The molecule has 2 fully saturated rings. The number of carboxylic acid groups (broad SMARTS) is 1.